The summed E-state index contributed by atoms with van der Waals surface area (Å²) in [5.74, 6) is 1.94. The van der Waals surface area contributed by atoms with E-state index in [0.29, 0.717) is 0 Å². The van der Waals surface area contributed by atoms with Gasteiger partial charge in [-0.3, -0.25) is 0 Å². The van der Waals surface area contributed by atoms with E-state index < -0.39 is 0 Å². The molecule has 0 saturated carbocycles. The van der Waals surface area contributed by atoms with Crippen molar-refractivity contribution in [1.82, 2.24) is 19.7 Å². The molecule has 0 saturated heterocycles. The first kappa shape index (κ1) is 10.8. The third-order valence-electron chi connectivity index (χ3n) is 3.59. The zero-order valence-electron chi connectivity index (χ0n) is 10.5. The molecular formula is C14H14N4O. The minimum Gasteiger partial charge on any atom is -0.379 e. The van der Waals surface area contributed by atoms with Crippen molar-refractivity contribution in [2.24, 2.45) is 0 Å². The number of aromatic amines is 1. The molecule has 0 bridgehead atoms. The SMILES string of the molecule is c1ccc2c(-c3nnc4n3CCOCC4)c[nH]c2c1. The van der Waals surface area contributed by atoms with Crippen LogP contribution >= 0.6 is 0 Å². The molecule has 2 aromatic heterocycles. The van der Waals surface area contributed by atoms with Crippen molar-refractivity contribution in [3.05, 3.63) is 36.3 Å². The van der Waals surface area contributed by atoms with Crippen LogP contribution in [0.2, 0.25) is 0 Å². The van der Waals surface area contributed by atoms with Crippen molar-refractivity contribution >= 4 is 10.9 Å². The number of nitrogens with zero attached hydrogens (tertiary/aromatic N) is 3. The number of H-pyrrole nitrogens is 1. The van der Waals surface area contributed by atoms with Crippen molar-refractivity contribution < 1.29 is 4.74 Å². The molecule has 0 atom stereocenters. The first-order valence-electron chi connectivity index (χ1n) is 6.50. The molecular weight excluding hydrogens is 240 g/mol. The van der Waals surface area contributed by atoms with E-state index in [1.165, 1.54) is 5.39 Å². The van der Waals surface area contributed by atoms with E-state index in [1.807, 2.05) is 18.3 Å². The van der Waals surface area contributed by atoms with E-state index in [0.717, 1.165) is 48.9 Å². The summed E-state index contributed by atoms with van der Waals surface area (Å²) in [4.78, 5) is 3.29. The fraction of sp³-hybridized carbons (Fsp3) is 0.286. The van der Waals surface area contributed by atoms with Gasteiger partial charge in [-0.1, -0.05) is 18.2 Å². The fourth-order valence-electron chi connectivity index (χ4n) is 2.63. The van der Waals surface area contributed by atoms with Crippen LogP contribution in [0.1, 0.15) is 5.82 Å². The highest BCUT2D eigenvalue weighted by Crippen LogP contribution is 2.28. The lowest BCUT2D eigenvalue weighted by molar-refractivity contribution is 0.140. The molecule has 0 amide bonds. The van der Waals surface area contributed by atoms with Crippen LogP contribution in [0.4, 0.5) is 0 Å². The summed E-state index contributed by atoms with van der Waals surface area (Å²) in [6.07, 6.45) is 2.84. The van der Waals surface area contributed by atoms with E-state index in [4.69, 9.17) is 4.74 Å². The maximum Gasteiger partial charge on any atom is 0.166 e. The van der Waals surface area contributed by atoms with Crippen LogP contribution in [-0.4, -0.2) is 33.0 Å². The second kappa shape index (κ2) is 4.20. The van der Waals surface area contributed by atoms with Crippen molar-refractivity contribution in [3.63, 3.8) is 0 Å². The molecule has 19 heavy (non-hydrogen) atoms. The fourth-order valence-corrected chi connectivity index (χ4v) is 2.63. The Kier molecular flexibility index (Phi) is 2.38. The lowest BCUT2D eigenvalue weighted by atomic mass is 10.1. The number of aromatic nitrogens is 4. The van der Waals surface area contributed by atoms with Gasteiger partial charge in [0, 0.05) is 35.6 Å². The summed E-state index contributed by atoms with van der Waals surface area (Å²) < 4.78 is 7.67. The molecule has 5 nitrogen and oxygen atoms in total. The lowest BCUT2D eigenvalue weighted by Gasteiger charge is -2.05. The number of nitrogens with one attached hydrogen (secondary N) is 1. The number of ether oxygens (including phenoxy) is 1. The Bertz CT molecular complexity index is 728. The predicted molar refractivity (Wildman–Crippen MR) is 71.8 cm³/mol. The third kappa shape index (κ3) is 1.66. The lowest BCUT2D eigenvalue weighted by Crippen LogP contribution is -2.05. The topological polar surface area (TPSA) is 55.7 Å². The summed E-state index contributed by atoms with van der Waals surface area (Å²) in [6.45, 7) is 2.27. The second-order valence-corrected chi connectivity index (χ2v) is 4.70. The molecule has 1 aromatic carbocycles. The Hall–Kier alpha value is -2.14. The summed E-state index contributed by atoms with van der Waals surface area (Å²) >= 11 is 0. The molecule has 0 unspecified atom stereocenters. The Morgan fingerprint density at radius 1 is 1.16 bits per heavy atom. The maximum absolute atomic E-state index is 5.50. The Morgan fingerprint density at radius 2 is 2.11 bits per heavy atom. The van der Waals surface area contributed by atoms with Crippen LogP contribution in [0, 0.1) is 0 Å². The van der Waals surface area contributed by atoms with E-state index >= 15 is 0 Å². The average molecular weight is 254 g/mol. The highest BCUT2D eigenvalue weighted by molar-refractivity contribution is 5.93. The van der Waals surface area contributed by atoms with E-state index in [9.17, 15) is 0 Å². The van der Waals surface area contributed by atoms with Crippen LogP contribution in [-0.2, 0) is 17.7 Å². The zero-order chi connectivity index (χ0) is 12.7. The Balaban J connectivity index is 1.91. The molecule has 0 aliphatic carbocycles. The monoisotopic (exact) mass is 254 g/mol. The van der Waals surface area contributed by atoms with Crippen LogP contribution in [0.5, 0.6) is 0 Å². The van der Waals surface area contributed by atoms with Gasteiger partial charge in [0.05, 0.1) is 13.2 Å². The molecule has 0 spiro atoms. The first-order valence-corrected chi connectivity index (χ1v) is 6.50. The third-order valence-corrected chi connectivity index (χ3v) is 3.59. The van der Waals surface area contributed by atoms with Gasteiger partial charge < -0.3 is 14.3 Å². The molecule has 1 N–H and O–H groups in total. The molecule has 0 radical (unpaired) electrons. The minimum atomic E-state index is 0.723. The molecule has 1 aliphatic rings. The number of hydrogen-bond acceptors (Lipinski definition) is 3. The molecule has 5 heteroatoms. The number of para-hydroxylation sites is 1. The van der Waals surface area contributed by atoms with Crippen molar-refractivity contribution in [1.29, 1.82) is 0 Å². The Labute approximate surface area is 110 Å². The van der Waals surface area contributed by atoms with Gasteiger partial charge in [0.1, 0.15) is 5.82 Å². The molecule has 3 aromatic rings. The summed E-state index contributed by atoms with van der Waals surface area (Å²) in [7, 11) is 0. The maximum atomic E-state index is 5.50. The van der Waals surface area contributed by atoms with E-state index in [2.05, 4.69) is 31.9 Å². The normalized spacial score (nSPS) is 15.4. The molecule has 96 valence electrons. The summed E-state index contributed by atoms with van der Waals surface area (Å²) in [5.41, 5.74) is 2.23. The standard InChI is InChI=1S/C14H14N4O/c1-2-4-12-10(3-1)11(9-15-12)14-17-16-13-5-7-19-8-6-18(13)14/h1-4,9,15H,5-8H2. The molecule has 0 fully saturated rings. The van der Waals surface area contributed by atoms with E-state index in [-0.39, 0.29) is 0 Å². The highest BCUT2D eigenvalue weighted by Gasteiger charge is 2.18. The summed E-state index contributed by atoms with van der Waals surface area (Å²) in [5, 5.41) is 9.85. The van der Waals surface area contributed by atoms with Crippen LogP contribution in [0.3, 0.4) is 0 Å². The van der Waals surface area contributed by atoms with Gasteiger partial charge in [-0.15, -0.1) is 10.2 Å². The quantitative estimate of drug-likeness (QED) is 0.722. The minimum absolute atomic E-state index is 0.723. The smallest absolute Gasteiger partial charge is 0.166 e. The van der Waals surface area contributed by atoms with E-state index in [1.54, 1.807) is 0 Å². The van der Waals surface area contributed by atoms with Gasteiger partial charge in [-0.05, 0) is 6.07 Å². The second-order valence-electron chi connectivity index (χ2n) is 4.70. The Morgan fingerprint density at radius 3 is 3.11 bits per heavy atom. The van der Waals surface area contributed by atoms with Gasteiger partial charge in [0.25, 0.3) is 0 Å². The van der Waals surface area contributed by atoms with Crippen molar-refractivity contribution in [3.8, 4) is 11.4 Å². The number of benzene rings is 1. The van der Waals surface area contributed by atoms with Crippen LogP contribution < -0.4 is 0 Å². The van der Waals surface area contributed by atoms with Gasteiger partial charge in [-0.2, -0.15) is 0 Å². The molecule has 4 rings (SSSR count). The van der Waals surface area contributed by atoms with Gasteiger partial charge in [0.2, 0.25) is 0 Å². The van der Waals surface area contributed by atoms with Crippen LogP contribution in [0.15, 0.2) is 30.5 Å². The van der Waals surface area contributed by atoms with Gasteiger partial charge >= 0.3 is 0 Å². The van der Waals surface area contributed by atoms with Crippen LogP contribution in [0.25, 0.3) is 22.3 Å². The molecule has 3 heterocycles. The predicted octanol–water partition coefficient (Wildman–Crippen LogP) is 2.00. The van der Waals surface area contributed by atoms with Crippen molar-refractivity contribution in [2.75, 3.05) is 13.2 Å². The number of hydrogen-bond donors (Lipinski definition) is 1. The first-order chi connectivity index (χ1) is 9.43. The van der Waals surface area contributed by atoms with Gasteiger partial charge in [0.15, 0.2) is 5.82 Å². The number of fused-ring (bicyclic) bond motifs is 2. The zero-order valence-corrected chi connectivity index (χ0v) is 10.5. The summed E-state index contributed by atoms with van der Waals surface area (Å²) in [6, 6.07) is 8.25. The van der Waals surface area contributed by atoms with Gasteiger partial charge in [-0.25, -0.2) is 0 Å². The number of rotatable bonds is 1. The van der Waals surface area contributed by atoms with Crippen molar-refractivity contribution in [2.45, 2.75) is 13.0 Å². The largest absolute Gasteiger partial charge is 0.379 e. The average Bonchev–Trinajstić information content (AvgIpc) is 2.96. The highest BCUT2D eigenvalue weighted by atomic mass is 16.5. The molecule has 1 aliphatic heterocycles.